The van der Waals surface area contributed by atoms with E-state index in [0.717, 1.165) is 44.6 Å². The number of carboxylic acids is 1. The first-order valence-electron chi connectivity index (χ1n) is 15.9. The predicted octanol–water partition coefficient (Wildman–Crippen LogP) is 6.89. The fraction of sp³-hybridized carbons (Fsp3) is 0.543. The lowest BCUT2D eigenvalue weighted by molar-refractivity contribution is -0.145. The van der Waals surface area contributed by atoms with Gasteiger partial charge in [-0.05, 0) is 83.1 Å². The highest BCUT2D eigenvalue weighted by Gasteiger charge is 2.38. The molecule has 2 aliphatic heterocycles. The van der Waals surface area contributed by atoms with Gasteiger partial charge in [0.2, 0.25) is 0 Å². The third kappa shape index (κ3) is 7.47. The quantitative estimate of drug-likeness (QED) is 0.343. The normalized spacial score (nSPS) is 21.8. The second-order valence-corrected chi connectivity index (χ2v) is 12.3. The minimum atomic E-state index is -0.615. The molecule has 3 aliphatic rings. The van der Waals surface area contributed by atoms with Crippen LogP contribution in [0.25, 0.3) is 11.3 Å². The number of rotatable bonds is 7. The van der Waals surface area contributed by atoms with Crippen molar-refractivity contribution in [1.82, 2.24) is 19.4 Å². The summed E-state index contributed by atoms with van der Waals surface area (Å²) in [6.07, 6.45) is 11.6. The van der Waals surface area contributed by atoms with Gasteiger partial charge in [0, 0.05) is 30.8 Å². The molecule has 6 rings (SSSR count). The molecule has 1 N–H and O–H groups in total. The average Bonchev–Trinajstić information content (AvgIpc) is 3.68. The molecule has 0 bridgehead atoms. The van der Waals surface area contributed by atoms with Gasteiger partial charge in [-0.3, -0.25) is 9.69 Å². The molecule has 6 nitrogen and oxygen atoms in total. The van der Waals surface area contributed by atoms with Gasteiger partial charge >= 0.3 is 5.97 Å². The zero-order valence-electron chi connectivity index (χ0n) is 25.0. The number of carbonyl (C=O) groups is 1. The molecule has 2 unspecified atom stereocenters. The van der Waals surface area contributed by atoms with Crippen molar-refractivity contribution in [1.29, 1.82) is 0 Å². The van der Waals surface area contributed by atoms with Crippen LogP contribution in [0.4, 0.5) is 0 Å². The maximum Gasteiger partial charge on any atom is 0.321 e. The van der Waals surface area contributed by atoms with E-state index in [0.29, 0.717) is 17.8 Å². The molecule has 0 amide bonds. The molecular weight excluding hydrogens is 508 g/mol. The van der Waals surface area contributed by atoms with E-state index in [1.807, 2.05) is 6.07 Å². The summed E-state index contributed by atoms with van der Waals surface area (Å²) in [6, 6.07) is 20.8. The van der Waals surface area contributed by atoms with E-state index in [1.165, 1.54) is 62.1 Å². The molecule has 1 saturated carbocycles. The van der Waals surface area contributed by atoms with Crippen LogP contribution in [0.5, 0.6) is 0 Å². The molecule has 0 spiro atoms. The van der Waals surface area contributed by atoms with E-state index in [1.54, 1.807) is 0 Å². The van der Waals surface area contributed by atoms with Gasteiger partial charge in [-0.15, -0.1) is 0 Å². The van der Waals surface area contributed by atoms with E-state index in [2.05, 4.69) is 89.1 Å². The van der Waals surface area contributed by atoms with Crippen molar-refractivity contribution in [2.24, 2.45) is 5.92 Å². The van der Waals surface area contributed by atoms with Crippen LogP contribution in [-0.2, 0) is 11.3 Å². The number of aromatic nitrogens is 2. The second-order valence-electron chi connectivity index (χ2n) is 12.3. The largest absolute Gasteiger partial charge is 0.480 e. The molecule has 0 radical (unpaired) electrons. The van der Waals surface area contributed by atoms with Crippen molar-refractivity contribution in [2.45, 2.75) is 82.7 Å². The van der Waals surface area contributed by atoms with Crippen molar-refractivity contribution in [3.05, 3.63) is 78.2 Å². The number of benzene rings is 2. The van der Waals surface area contributed by atoms with Crippen LogP contribution in [0.1, 0.15) is 81.5 Å². The number of aliphatic carboxylic acids is 1. The van der Waals surface area contributed by atoms with Crippen LogP contribution in [0, 0.1) is 5.92 Å². The number of aryl methyl sites for hydroxylation is 1. The second kappa shape index (κ2) is 14.3. The minimum absolute atomic E-state index is 0.265. The van der Waals surface area contributed by atoms with Crippen LogP contribution >= 0.6 is 0 Å². The Morgan fingerprint density at radius 3 is 2.15 bits per heavy atom. The standard InChI is InChI=1S/C18H25NO2.C17H23N3/c20-18(21)17(15-9-5-2-6-10-15)19-12-11-16(13-19)14-7-3-1-4-8-14;1-3-20-13-16(14-7-5-4-6-8-14)18-17(20)15-9-11-19(2)12-10-15/h1,3-4,7-8,15-17H,2,5-6,9-13H2,(H,20,21);4-8,13,15H,3,9-12H2,1-2H3. The van der Waals surface area contributed by atoms with E-state index in [9.17, 15) is 9.90 Å². The molecular formula is C35H48N4O2. The fourth-order valence-corrected chi connectivity index (χ4v) is 7.17. The van der Waals surface area contributed by atoms with Gasteiger partial charge in [0.1, 0.15) is 11.9 Å². The van der Waals surface area contributed by atoms with E-state index in [-0.39, 0.29) is 6.04 Å². The Hall–Kier alpha value is -2.96. The van der Waals surface area contributed by atoms with E-state index >= 15 is 0 Å². The maximum absolute atomic E-state index is 11.8. The average molecular weight is 557 g/mol. The van der Waals surface area contributed by atoms with Crippen molar-refractivity contribution in [3.8, 4) is 11.3 Å². The molecule has 2 atom stereocenters. The summed E-state index contributed by atoms with van der Waals surface area (Å²) in [4.78, 5) is 21.4. The van der Waals surface area contributed by atoms with Crippen molar-refractivity contribution in [3.63, 3.8) is 0 Å². The van der Waals surface area contributed by atoms with Crippen molar-refractivity contribution < 1.29 is 9.90 Å². The van der Waals surface area contributed by atoms with Crippen LogP contribution in [0.2, 0.25) is 0 Å². The third-order valence-electron chi connectivity index (χ3n) is 9.53. The highest BCUT2D eigenvalue weighted by Crippen LogP contribution is 2.35. The summed E-state index contributed by atoms with van der Waals surface area (Å²) in [5, 5.41) is 9.70. The van der Waals surface area contributed by atoms with Crippen molar-refractivity contribution in [2.75, 3.05) is 33.2 Å². The molecule has 1 aliphatic carbocycles. The lowest BCUT2D eigenvalue weighted by Crippen LogP contribution is -2.45. The molecule has 6 heteroatoms. The molecule has 3 heterocycles. The van der Waals surface area contributed by atoms with Crippen LogP contribution in [-0.4, -0.2) is 69.7 Å². The summed E-state index contributed by atoms with van der Waals surface area (Å²) in [5.41, 5.74) is 3.68. The summed E-state index contributed by atoms with van der Waals surface area (Å²) < 4.78 is 2.33. The lowest BCUT2D eigenvalue weighted by Gasteiger charge is -2.33. The Morgan fingerprint density at radius 1 is 0.878 bits per heavy atom. The number of piperidine rings is 1. The zero-order chi connectivity index (χ0) is 28.6. The highest BCUT2D eigenvalue weighted by molar-refractivity contribution is 5.74. The summed E-state index contributed by atoms with van der Waals surface area (Å²) in [6.45, 7) is 7.39. The van der Waals surface area contributed by atoms with E-state index < -0.39 is 5.97 Å². The zero-order valence-corrected chi connectivity index (χ0v) is 25.0. The summed E-state index contributed by atoms with van der Waals surface area (Å²) in [5.74, 6) is 2.13. The molecule has 3 aromatic rings. The Bertz CT molecular complexity index is 1210. The SMILES string of the molecule is CCn1cc(-c2ccccc2)nc1C1CCN(C)CC1.O=C(O)C(C1CCCCC1)N1CCC(c2ccccc2)C1. The summed E-state index contributed by atoms with van der Waals surface area (Å²) in [7, 11) is 2.21. The molecule has 3 fully saturated rings. The molecule has 2 saturated heterocycles. The van der Waals surface area contributed by atoms with Crippen LogP contribution in [0.15, 0.2) is 66.9 Å². The molecule has 2 aromatic carbocycles. The van der Waals surface area contributed by atoms with Gasteiger partial charge < -0.3 is 14.6 Å². The third-order valence-corrected chi connectivity index (χ3v) is 9.53. The molecule has 41 heavy (non-hydrogen) atoms. The monoisotopic (exact) mass is 556 g/mol. The maximum atomic E-state index is 11.8. The Labute approximate surface area is 246 Å². The smallest absolute Gasteiger partial charge is 0.321 e. The lowest BCUT2D eigenvalue weighted by atomic mass is 9.83. The Morgan fingerprint density at radius 2 is 1.51 bits per heavy atom. The van der Waals surface area contributed by atoms with E-state index in [4.69, 9.17) is 4.98 Å². The predicted molar refractivity (Wildman–Crippen MR) is 166 cm³/mol. The topological polar surface area (TPSA) is 61.6 Å². The van der Waals surface area contributed by atoms with Crippen LogP contribution < -0.4 is 0 Å². The van der Waals surface area contributed by atoms with Gasteiger partial charge in [0.05, 0.1) is 5.69 Å². The number of hydrogen-bond donors (Lipinski definition) is 1. The fourth-order valence-electron chi connectivity index (χ4n) is 7.17. The molecule has 1 aromatic heterocycles. The van der Waals surface area contributed by atoms with Gasteiger partial charge in [-0.25, -0.2) is 4.98 Å². The first kappa shape index (κ1) is 29.5. The number of likely N-dealkylation sites (tertiary alicyclic amines) is 2. The van der Waals surface area contributed by atoms with Crippen molar-refractivity contribution >= 4 is 5.97 Å². The first-order chi connectivity index (χ1) is 20.0. The first-order valence-corrected chi connectivity index (χ1v) is 15.9. The minimum Gasteiger partial charge on any atom is -0.480 e. The number of carboxylic acid groups (broad SMARTS) is 1. The highest BCUT2D eigenvalue weighted by atomic mass is 16.4. The Balaban J connectivity index is 0.000000165. The molecule has 220 valence electrons. The van der Waals surface area contributed by atoms with Gasteiger partial charge in [0.15, 0.2) is 0 Å². The van der Waals surface area contributed by atoms with Crippen LogP contribution in [0.3, 0.4) is 0 Å². The summed E-state index contributed by atoms with van der Waals surface area (Å²) >= 11 is 0. The Kier molecular flexibility index (Phi) is 10.3. The van der Waals surface area contributed by atoms with Gasteiger partial charge in [-0.1, -0.05) is 79.9 Å². The number of hydrogen-bond acceptors (Lipinski definition) is 4. The van der Waals surface area contributed by atoms with Gasteiger partial charge in [-0.2, -0.15) is 0 Å². The number of nitrogens with zero attached hydrogens (tertiary/aromatic N) is 4. The number of imidazole rings is 1. The van der Waals surface area contributed by atoms with Gasteiger partial charge in [0.25, 0.3) is 0 Å².